The van der Waals surface area contributed by atoms with Crippen molar-refractivity contribution in [1.82, 2.24) is 31.5 Å². The van der Waals surface area contributed by atoms with E-state index in [-0.39, 0.29) is 153 Å². The zero-order valence-corrected chi connectivity index (χ0v) is 82.3. The van der Waals surface area contributed by atoms with Gasteiger partial charge in [0.25, 0.3) is 11.8 Å². The molecule has 0 aromatic heterocycles. The van der Waals surface area contributed by atoms with Crippen LogP contribution in [0.1, 0.15) is 358 Å². The Hall–Kier alpha value is -7.38. The van der Waals surface area contributed by atoms with Crippen LogP contribution in [0.15, 0.2) is 36.5 Å². The first-order valence-corrected chi connectivity index (χ1v) is 40.8. The van der Waals surface area contributed by atoms with Gasteiger partial charge in [-0.25, -0.2) is 4.79 Å². The third-order valence-corrected chi connectivity index (χ3v) is 13.3. The number of ketones is 7. The highest BCUT2D eigenvalue weighted by Gasteiger charge is 2.38. The molecule has 5 N–H and O–H groups in total. The van der Waals surface area contributed by atoms with Gasteiger partial charge in [0, 0.05) is 110 Å². The van der Waals surface area contributed by atoms with Gasteiger partial charge in [-0.05, 0) is 180 Å². The van der Waals surface area contributed by atoms with Crippen LogP contribution in [-0.4, -0.2) is 154 Å². The fraction of sp³-hybridized carbons (Fsp3) is 0.742. The Kier molecular flexibility index (Phi) is 79.3. The van der Waals surface area contributed by atoms with Crippen molar-refractivity contribution in [3.63, 3.8) is 0 Å². The molecule has 1 aliphatic heterocycles. The predicted octanol–water partition coefficient (Wildman–Crippen LogP) is 19.8. The molecule has 696 valence electrons. The Morgan fingerprint density at radius 1 is 0.429 bits per heavy atom. The molecule has 0 radical (unpaired) electrons. The molecular weight excluding hydrogens is 1520 g/mol. The Labute approximate surface area is 735 Å². The lowest BCUT2D eigenvalue weighted by atomic mass is 9.89. The summed E-state index contributed by atoms with van der Waals surface area (Å²) in [5, 5.41) is 13.8. The number of nitrogens with one attached hydrogen (secondary N) is 5. The fourth-order valence-corrected chi connectivity index (χ4v) is 6.40. The number of carbonyl (C=O) groups is 13. The smallest absolute Gasteiger partial charge is 0.330 e. The van der Waals surface area contributed by atoms with Crippen molar-refractivity contribution in [2.75, 3.05) is 39.7 Å². The van der Waals surface area contributed by atoms with E-state index in [1.807, 2.05) is 279 Å². The van der Waals surface area contributed by atoms with Gasteiger partial charge in [0.2, 0.25) is 23.5 Å². The van der Waals surface area contributed by atoms with Crippen LogP contribution in [0.4, 0.5) is 0 Å². The normalized spacial score (nSPS) is 12.7. The van der Waals surface area contributed by atoms with Gasteiger partial charge >= 0.3 is 5.97 Å². The van der Waals surface area contributed by atoms with Gasteiger partial charge in [-0.3, -0.25) is 57.5 Å². The molecule has 21 nitrogen and oxygen atoms in total. The van der Waals surface area contributed by atoms with Crippen LogP contribution >= 0.6 is 11.6 Å². The van der Waals surface area contributed by atoms with Crippen LogP contribution in [0.25, 0.3) is 0 Å². The van der Waals surface area contributed by atoms with Gasteiger partial charge in [-0.1, -0.05) is 220 Å². The highest BCUT2D eigenvalue weighted by molar-refractivity contribution is 6.27. The number of halogens is 1. The summed E-state index contributed by atoms with van der Waals surface area (Å²) in [5.74, 6) is 9.85. The monoisotopic (exact) mass is 1710 g/mol. The summed E-state index contributed by atoms with van der Waals surface area (Å²) in [6, 6.07) is 0. The summed E-state index contributed by atoms with van der Waals surface area (Å²) < 4.78 is 9.47. The van der Waals surface area contributed by atoms with Gasteiger partial charge in [-0.15, -0.1) is 24.4 Å². The minimum atomic E-state index is -0.472. The molecule has 1 unspecified atom stereocenters. The number of carbonyl (C=O) groups excluding carboxylic acids is 13. The average molecular weight is 1710 g/mol. The molecule has 1 saturated heterocycles. The number of Topliss-reactive ketones (excluding diaryl/α,β-unsaturated/α-hetero) is 4. The Balaban J connectivity index is -0.0000000937. The van der Waals surface area contributed by atoms with E-state index in [0.717, 1.165) is 38.3 Å². The van der Waals surface area contributed by atoms with E-state index in [0.29, 0.717) is 50.0 Å². The minimum Gasteiger partial charge on any atom is -0.463 e. The highest BCUT2D eigenvalue weighted by Crippen LogP contribution is 2.29. The van der Waals surface area contributed by atoms with E-state index in [2.05, 4.69) is 49.1 Å². The lowest BCUT2D eigenvalue weighted by molar-refractivity contribution is -0.137. The predicted molar refractivity (Wildman–Crippen MR) is 504 cm³/mol. The SMILES string of the molecule is C.C.C.C#CC(=O)C(C)(C)C.C#CC(=O)NC(C)(C)C.CC(C)(C)C(=O)C1CO1.CC(C)(C)NC(=O)C1CC1.CC(C)(C)NC(=O)CCl.CC/C=C/C(=O)C(C)(C)C.CCC#CC(=O)NC(C)(C)C.CCC(=O)C(C)(C)C.CCC(=O)C(C)(C)C.CCC(=O)NC(C)(C)C.CCOC(=O)/C=C/C(=O)C(C)(C)C.CN(C)C/C=C/C(=O)C(C)(C)C. The van der Waals surface area contributed by atoms with Crippen LogP contribution in [-0.2, 0) is 71.8 Å². The van der Waals surface area contributed by atoms with Gasteiger partial charge in [0.05, 0.1) is 13.2 Å². The topological polar surface area (TPSA) is 307 Å². The van der Waals surface area contributed by atoms with Crippen LogP contribution < -0.4 is 26.6 Å². The van der Waals surface area contributed by atoms with Crippen LogP contribution in [0.3, 0.4) is 0 Å². The van der Waals surface area contributed by atoms with E-state index in [9.17, 15) is 62.3 Å². The quantitative estimate of drug-likeness (QED) is 0.0269. The second-order valence-corrected chi connectivity index (χ2v) is 40.2. The van der Waals surface area contributed by atoms with Gasteiger partial charge in [0.1, 0.15) is 23.6 Å². The van der Waals surface area contributed by atoms with Crippen molar-refractivity contribution in [3.05, 3.63) is 36.5 Å². The first-order chi connectivity index (χ1) is 51.5. The molecule has 0 aromatic carbocycles. The molecular formula is C97H181ClN6O15. The zero-order valence-electron chi connectivity index (χ0n) is 81.5. The summed E-state index contributed by atoms with van der Waals surface area (Å²) >= 11 is 5.25. The first-order valence-electron chi connectivity index (χ1n) is 40.3. The number of hydrogen-bond acceptors (Lipinski definition) is 16. The molecule has 2 fully saturated rings. The molecule has 1 heterocycles. The van der Waals surface area contributed by atoms with Crippen LogP contribution in [0.2, 0.25) is 0 Å². The summed E-state index contributed by atoms with van der Waals surface area (Å²) in [4.78, 5) is 144. The van der Waals surface area contributed by atoms with Crippen molar-refractivity contribution >= 4 is 87.6 Å². The van der Waals surface area contributed by atoms with Gasteiger partial charge in [0.15, 0.2) is 23.1 Å². The second kappa shape index (κ2) is 67.2. The van der Waals surface area contributed by atoms with Crippen LogP contribution in [0.5, 0.6) is 0 Å². The molecule has 0 bridgehead atoms. The number of amides is 5. The lowest BCUT2D eigenvalue weighted by Gasteiger charge is -2.20. The minimum absolute atomic E-state index is 0. The highest BCUT2D eigenvalue weighted by atomic mass is 35.5. The zero-order chi connectivity index (χ0) is 95.0. The van der Waals surface area contributed by atoms with Crippen molar-refractivity contribution in [3.8, 4) is 36.5 Å². The molecule has 1 aliphatic carbocycles. The van der Waals surface area contributed by atoms with E-state index >= 15 is 0 Å². The third kappa shape index (κ3) is 113. The Bertz CT molecular complexity index is 3130. The fourth-order valence-electron chi connectivity index (χ4n) is 6.33. The number of esters is 1. The van der Waals surface area contributed by atoms with E-state index in [4.69, 9.17) is 29.2 Å². The summed E-state index contributed by atoms with van der Waals surface area (Å²) in [6.07, 6.45) is 24.9. The molecule has 5 amide bonds. The van der Waals surface area contributed by atoms with Crippen molar-refractivity contribution < 1.29 is 71.8 Å². The van der Waals surface area contributed by atoms with Crippen molar-refractivity contribution in [2.24, 2.45) is 43.8 Å². The van der Waals surface area contributed by atoms with E-state index < -0.39 is 11.4 Å². The molecule has 0 aromatic rings. The number of hydrogen-bond donors (Lipinski definition) is 5. The number of terminal acetylenes is 2. The Morgan fingerprint density at radius 2 is 0.765 bits per heavy atom. The van der Waals surface area contributed by atoms with Crippen molar-refractivity contribution in [1.29, 1.82) is 0 Å². The molecule has 0 spiro atoms. The number of likely N-dealkylation sites (N-methyl/N-ethyl adjacent to an activating group) is 1. The van der Waals surface area contributed by atoms with Gasteiger partial charge in [-0.2, -0.15) is 0 Å². The number of ether oxygens (including phenoxy) is 2. The van der Waals surface area contributed by atoms with Crippen molar-refractivity contribution in [2.45, 2.75) is 392 Å². The molecule has 2 aliphatic rings. The molecule has 119 heavy (non-hydrogen) atoms. The average Bonchev–Trinajstić information content (AvgIpc) is 1.73. The van der Waals surface area contributed by atoms with Gasteiger partial charge < -0.3 is 41.0 Å². The van der Waals surface area contributed by atoms with E-state index in [1.165, 1.54) is 6.08 Å². The largest absolute Gasteiger partial charge is 0.463 e. The second-order valence-electron chi connectivity index (χ2n) is 39.9. The maximum Gasteiger partial charge on any atom is 0.330 e. The van der Waals surface area contributed by atoms with E-state index in [1.54, 1.807) is 60.6 Å². The maximum atomic E-state index is 11.3. The number of epoxide rings is 1. The Morgan fingerprint density at radius 3 is 0.950 bits per heavy atom. The summed E-state index contributed by atoms with van der Waals surface area (Å²) in [5.41, 5.74) is -2.45. The molecule has 22 heteroatoms. The molecule has 2 rings (SSSR count). The summed E-state index contributed by atoms with van der Waals surface area (Å²) in [6.45, 7) is 81.9. The van der Waals surface area contributed by atoms with Crippen LogP contribution in [0, 0.1) is 80.4 Å². The lowest BCUT2D eigenvalue weighted by Crippen LogP contribution is -2.41. The summed E-state index contributed by atoms with van der Waals surface area (Å²) in [7, 11) is 3.96. The molecule has 1 atom stereocenters. The maximum absolute atomic E-state index is 11.3. The number of rotatable bonds is 14. The number of allylic oxidation sites excluding steroid dienone is 4. The third-order valence-electron chi connectivity index (χ3n) is 13.0. The first kappa shape index (κ1) is 140. The standard InChI is InChI=1S/C10H19NO.C10H16O3.C9H15NO.C9H16O.C8H15NO.C7H15NO.C7H11NO.C7H12O2.2C7H14O.C7H10O.C6H12ClNO.3CH4/c1-10(2,3)9(12)7-6-8-11(4)5;1-5-13-9(12)7-6-8(11)10(2,3)4;1-5-6-7-8(11)10-9(2,3)4;1-5-6-7-8(10)9(2,3)4;1-8(2,3)9-7(10)6-4-5-6;2*1-5-6(9)8-7(2,3)4;1-7(2,3)6(8)5-4-9-5;3*1-5-6(8)7(2,3)4;1-6(2,3)8-5(9)4-7;;;/h6-7H,8H2,1-5H3;6-7H,5H2,1-4H3;5H2,1-4H3,(H,10,11);6-7H,5H2,1-4H3;6H,4-5H2,1-3H3,(H,9,10);5H2,1-4H3,(H,8,9);1H,2-4H3,(H,8,9);5H,4H2,1-3H3;2*5H2,1-4H3;1H,2-4H3;4H2,1-3H3,(H,8,9);3*1H4/b2*7-6+;;7-6+;;;;;;;;;;;. The number of nitrogens with zero attached hydrogens (tertiary/aromatic N) is 1. The molecule has 1 saturated carbocycles. The number of alkyl halides is 1.